The van der Waals surface area contributed by atoms with Crippen molar-refractivity contribution in [1.29, 1.82) is 0 Å². The van der Waals surface area contributed by atoms with E-state index in [-0.39, 0.29) is 34.8 Å². The van der Waals surface area contributed by atoms with Crippen LogP contribution in [0.2, 0.25) is 0 Å². The van der Waals surface area contributed by atoms with E-state index in [9.17, 15) is 13.2 Å². The molecule has 0 saturated carbocycles. The summed E-state index contributed by atoms with van der Waals surface area (Å²) >= 11 is 1.02. The molecule has 3 N–H and O–H groups in total. The van der Waals surface area contributed by atoms with Crippen LogP contribution in [0.25, 0.3) is 0 Å². The molecule has 0 spiro atoms. The highest BCUT2D eigenvalue weighted by molar-refractivity contribution is 7.89. The first-order chi connectivity index (χ1) is 7.90. The van der Waals surface area contributed by atoms with E-state index < -0.39 is 16.0 Å². The summed E-state index contributed by atoms with van der Waals surface area (Å²) in [5.41, 5.74) is 5.33. The van der Waals surface area contributed by atoms with E-state index in [2.05, 4.69) is 9.46 Å². The first kappa shape index (κ1) is 17.3. The van der Waals surface area contributed by atoms with Crippen LogP contribution < -0.4 is 10.5 Å². The summed E-state index contributed by atoms with van der Waals surface area (Å²) in [5, 5.41) is 1.39. The zero-order valence-corrected chi connectivity index (χ0v) is 12.3. The summed E-state index contributed by atoms with van der Waals surface area (Å²) in [5.74, 6) is -0.552. The fourth-order valence-corrected chi connectivity index (χ4v) is 3.49. The van der Waals surface area contributed by atoms with E-state index in [4.69, 9.17) is 5.73 Å². The first-order valence-corrected chi connectivity index (χ1v) is 7.16. The minimum atomic E-state index is -3.62. The van der Waals surface area contributed by atoms with Gasteiger partial charge in [0, 0.05) is 18.0 Å². The van der Waals surface area contributed by atoms with Gasteiger partial charge in [-0.1, -0.05) is 0 Å². The van der Waals surface area contributed by atoms with Crippen LogP contribution in [0.1, 0.15) is 16.6 Å². The Hall–Kier alpha value is -0.670. The van der Waals surface area contributed by atoms with Crippen molar-refractivity contribution in [3.8, 4) is 0 Å². The van der Waals surface area contributed by atoms with Crippen LogP contribution in [-0.2, 0) is 14.8 Å². The molecule has 0 aliphatic heterocycles. The van der Waals surface area contributed by atoms with Crippen molar-refractivity contribution in [3.05, 3.63) is 16.3 Å². The predicted molar refractivity (Wildman–Crippen MR) is 71.7 cm³/mol. The fourth-order valence-electron chi connectivity index (χ4n) is 1.05. The molecule has 0 unspecified atom stereocenters. The van der Waals surface area contributed by atoms with Crippen LogP contribution in [-0.4, -0.2) is 34.1 Å². The number of halogens is 1. The quantitative estimate of drug-likeness (QED) is 0.775. The summed E-state index contributed by atoms with van der Waals surface area (Å²) in [6.45, 7) is 1.86. The number of nitrogens with one attached hydrogen (secondary N) is 1. The van der Waals surface area contributed by atoms with Gasteiger partial charge in [-0.3, -0.25) is 0 Å². The van der Waals surface area contributed by atoms with E-state index in [0.717, 1.165) is 11.3 Å². The molecule has 0 saturated heterocycles. The highest BCUT2D eigenvalue weighted by atomic mass is 35.5. The van der Waals surface area contributed by atoms with Gasteiger partial charge in [-0.2, -0.15) is 0 Å². The number of hydrogen-bond acceptors (Lipinski definition) is 6. The summed E-state index contributed by atoms with van der Waals surface area (Å²) in [6, 6.07) is 0.920. The average Bonchev–Trinajstić information content (AvgIpc) is 2.77. The number of rotatable bonds is 5. The lowest BCUT2D eigenvalue weighted by atomic mass is 10.4. The monoisotopic (exact) mass is 314 g/mol. The molecule has 104 valence electrons. The largest absolute Gasteiger partial charge is 0.465 e. The fraction of sp³-hybridized carbons (Fsp3) is 0.444. The Morgan fingerprint density at radius 1 is 1.61 bits per heavy atom. The zero-order valence-electron chi connectivity index (χ0n) is 9.87. The molecule has 1 heterocycles. The average molecular weight is 315 g/mol. The molecule has 6 nitrogen and oxygen atoms in total. The Labute approximate surface area is 116 Å². The molecule has 1 rings (SSSR count). The molecule has 1 aromatic heterocycles. The first-order valence-electron chi connectivity index (χ1n) is 4.80. The molecule has 0 bridgehead atoms. The van der Waals surface area contributed by atoms with E-state index in [1.54, 1.807) is 6.92 Å². The second-order valence-corrected chi connectivity index (χ2v) is 6.02. The normalized spacial score (nSPS) is 12.6. The number of nitrogens with two attached hydrogens (primary N) is 1. The van der Waals surface area contributed by atoms with Crippen molar-refractivity contribution in [2.45, 2.75) is 17.9 Å². The molecule has 0 fully saturated rings. The molecule has 0 amide bonds. The van der Waals surface area contributed by atoms with Crippen LogP contribution in [0.3, 0.4) is 0 Å². The Balaban J connectivity index is 0.00000289. The molecule has 0 aromatic carbocycles. The number of esters is 1. The van der Waals surface area contributed by atoms with E-state index >= 15 is 0 Å². The maximum absolute atomic E-state index is 11.8. The van der Waals surface area contributed by atoms with Crippen molar-refractivity contribution in [2.24, 2.45) is 5.73 Å². The van der Waals surface area contributed by atoms with Crippen LogP contribution in [0.5, 0.6) is 0 Å². The lowest BCUT2D eigenvalue weighted by Crippen LogP contribution is -2.37. The third-order valence-corrected chi connectivity index (χ3v) is 4.61. The summed E-state index contributed by atoms with van der Waals surface area (Å²) < 4.78 is 30.5. The maximum atomic E-state index is 11.8. The Morgan fingerprint density at radius 2 is 2.22 bits per heavy atom. The number of carbonyl (C=O) groups excluding carboxylic acids is 1. The third kappa shape index (κ3) is 4.21. The molecular formula is C9H15ClN2O4S2. The summed E-state index contributed by atoms with van der Waals surface area (Å²) in [4.78, 5) is 11.5. The van der Waals surface area contributed by atoms with Gasteiger partial charge < -0.3 is 10.5 Å². The van der Waals surface area contributed by atoms with Gasteiger partial charge in [-0.25, -0.2) is 17.9 Å². The molecule has 0 radical (unpaired) electrons. The van der Waals surface area contributed by atoms with Gasteiger partial charge in [0.2, 0.25) is 10.0 Å². The number of thiophene rings is 1. The van der Waals surface area contributed by atoms with Gasteiger partial charge in [-0.15, -0.1) is 23.7 Å². The number of methoxy groups -OCH3 is 1. The summed E-state index contributed by atoms with van der Waals surface area (Å²) in [7, 11) is -2.38. The predicted octanol–water partition coefficient (Wildman–Crippen LogP) is 0.582. The van der Waals surface area contributed by atoms with Gasteiger partial charge in [0.25, 0.3) is 0 Å². The van der Waals surface area contributed by atoms with Gasteiger partial charge in [0.05, 0.1) is 12.0 Å². The Kier molecular flexibility index (Phi) is 6.79. The zero-order chi connectivity index (χ0) is 13.1. The van der Waals surface area contributed by atoms with Crippen LogP contribution in [0, 0.1) is 0 Å². The lowest BCUT2D eigenvalue weighted by Gasteiger charge is -2.10. The molecular weight excluding hydrogens is 300 g/mol. The van der Waals surface area contributed by atoms with Crippen LogP contribution in [0.15, 0.2) is 16.3 Å². The van der Waals surface area contributed by atoms with Gasteiger partial charge in [-0.05, 0) is 13.0 Å². The number of hydrogen-bond donors (Lipinski definition) is 2. The number of carbonyl (C=O) groups is 1. The SMILES string of the molecule is COC(=O)c1cc(S(=O)(=O)N[C@@H](C)CN)cs1.Cl. The lowest BCUT2D eigenvalue weighted by molar-refractivity contribution is 0.0606. The maximum Gasteiger partial charge on any atom is 0.348 e. The molecule has 0 aliphatic rings. The van der Waals surface area contributed by atoms with E-state index in [1.165, 1.54) is 18.6 Å². The smallest absolute Gasteiger partial charge is 0.348 e. The minimum absolute atomic E-state index is 0. The van der Waals surface area contributed by atoms with Crippen molar-refractivity contribution < 1.29 is 17.9 Å². The highest BCUT2D eigenvalue weighted by Crippen LogP contribution is 2.20. The third-order valence-electron chi connectivity index (χ3n) is 1.98. The minimum Gasteiger partial charge on any atom is -0.465 e. The van der Waals surface area contributed by atoms with E-state index in [0.29, 0.717) is 0 Å². The number of ether oxygens (including phenoxy) is 1. The van der Waals surface area contributed by atoms with Gasteiger partial charge in [0.1, 0.15) is 4.88 Å². The van der Waals surface area contributed by atoms with Crippen molar-refractivity contribution >= 4 is 39.7 Å². The van der Waals surface area contributed by atoms with Gasteiger partial charge in [0.15, 0.2) is 0 Å². The summed E-state index contributed by atoms with van der Waals surface area (Å²) in [6.07, 6.45) is 0. The molecule has 18 heavy (non-hydrogen) atoms. The second kappa shape index (κ2) is 7.05. The van der Waals surface area contributed by atoms with Crippen molar-refractivity contribution in [1.82, 2.24) is 4.72 Å². The molecule has 9 heteroatoms. The second-order valence-electron chi connectivity index (χ2n) is 3.40. The van der Waals surface area contributed by atoms with E-state index in [1.807, 2.05) is 0 Å². The topological polar surface area (TPSA) is 98.5 Å². The standard InChI is InChI=1S/C9H14N2O4S2.ClH/c1-6(4-10)11-17(13,14)7-3-8(16-5-7)9(12)15-2;/h3,5-6,11H,4,10H2,1-2H3;1H/t6-;/m0./s1. The molecule has 1 aromatic rings. The number of sulfonamides is 1. The highest BCUT2D eigenvalue weighted by Gasteiger charge is 2.20. The Bertz CT molecular complexity index is 500. The van der Waals surface area contributed by atoms with Crippen molar-refractivity contribution in [2.75, 3.05) is 13.7 Å². The Morgan fingerprint density at radius 3 is 2.72 bits per heavy atom. The van der Waals surface area contributed by atoms with Crippen molar-refractivity contribution in [3.63, 3.8) is 0 Å². The molecule has 1 atom stereocenters. The van der Waals surface area contributed by atoms with Crippen LogP contribution >= 0.6 is 23.7 Å². The van der Waals surface area contributed by atoms with Crippen LogP contribution in [0.4, 0.5) is 0 Å². The molecule has 0 aliphatic carbocycles. The van der Waals surface area contributed by atoms with Gasteiger partial charge >= 0.3 is 5.97 Å².